The first kappa shape index (κ1) is 14.1. The van der Waals surface area contributed by atoms with E-state index in [0.29, 0.717) is 17.9 Å². The highest BCUT2D eigenvalue weighted by atomic mass is 16.6. The van der Waals surface area contributed by atoms with Crippen molar-refractivity contribution in [3.05, 3.63) is 39.2 Å². The van der Waals surface area contributed by atoms with Crippen LogP contribution < -0.4 is 5.32 Å². The highest BCUT2D eigenvalue weighted by Crippen LogP contribution is 2.25. The number of nitro benzene ring substituents is 1. The Kier molecular flexibility index (Phi) is 4.04. The lowest BCUT2D eigenvalue weighted by molar-refractivity contribution is -0.385. The molecule has 1 aromatic carbocycles. The number of nitrogens with zero attached hydrogens (tertiary/aromatic N) is 5. The fraction of sp³-hybridized carbons (Fsp3) is 0.417. The van der Waals surface area contributed by atoms with E-state index in [2.05, 4.69) is 20.8 Å². The van der Waals surface area contributed by atoms with Crippen LogP contribution in [0.3, 0.4) is 0 Å². The molecule has 8 nitrogen and oxygen atoms in total. The van der Waals surface area contributed by atoms with Crippen molar-refractivity contribution in [1.29, 1.82) is 0 Å². The van der Waals surface area contributed by atoms with Gasteiger partial charge in [-0.3, -0.25) is 10.1 Å². The third-order valence-electron chi connectivity index (χ3n) is 3.01. The first-order chi connectivity index (χ1) is 9.54. The van der Waals surface area contributed by atoms with Gasteiger partial charge in [-0.15, -0.1) is 5.10 Å². The Hall–Kier alpha value is -2.35. The van der Waals surface area contributed by atoms with Crippen LogP contribution in [0.2, 0.25) is 0 Å². The van der Waals surface area contributed by atoms with E-state index in [1.54, 1.807) is 30.7 Å². The molecule has 0 saturated heterocycles. The normalized spacial score (nSPS) is 10.8. The topological polar surface area (TPSA) is 98.8 Å². The summed E-state index contributed by atoms with van der Waals surface area (Å²) >= 11 is 0. The molecule has 0 spiro atoms. The quantitative estimate of drug-likeness (QED) is 0.652. The van der Waals surface area contributed by atoms with Crippen LogP contribution in [-0.4, -0.2) is 31.7 Å². The predicted octanol–water partition coefficient (Wildman–Crippen LogP) is 1.30. The van der Waals surface area contributed by atoms with Gasteiger partial charge in [-0.05, 0) is 42.4 Å². The van der Waals surface area contributed by atoms with Gasteiger partial charge in [0.1, 0.15) is 0 Å². The van der Waals surface area contributed by atoms with Gasteiger partial charge in [-0.2, -0.15) is 4.68 Å². The summed E-state index contributed by atoms with van der Waals surface area (Å²) in [6.07, 6.45) is 0. The van der Waals surface area contributed by atoms with Crippen LogP contribution in [0.25, 0.3) is 5.69 Å². The minimum Gasteiger partial charge on any atom is -0.310 e. The third-order valence-corrected chi connectivity index (χ3v) is 3.01. The Morgan fingerprint density at radius 1 is 1.35 bits per heavy atom. The number of aromatic nitrogens is 4. The maximum atomic E-state index is 10.9. The average Bonchev–Trinajstić information content (AvgIpc) is 2.86. The number of tetrazole rings is 1. The lowest BCUT2D eigenvalue weighted by atomic mass is 10.1. The second kappa shape index (κ2) is 5.74. The smallest absolute Gasteiger partial charge is 0.272 e. The Labute approximate surface area is 115 Å². The molecule has 0 amide bonds. The van der Waals surface area contributed by atoms with E-state index < -0.39 is 0 Å². The zero-order chi connectivity index (χ0) is 14.7. The van der Waals surface area contributed by atoms with Crippen molar-refractivity contribution in [2.45, 2.75) is 27.3 Å². The highest BCUT2D eigenvalue weighted by Gasteiger charge is 2.16. The van der Waals surface area contributed by atoms with Gasteiger partial charge < -0.3 is 5.32 Å². The lowest BCUT2D eigenvalue weighted by Gasteiger charge is -2.09. The summed E-state index contributed by atoms with van der Waals surface area (Å²) in [5, 5.41) is 25.7. The first-order valence-electron chi connectivity index (χ1n) is 6.28. The van der Waals surface area contributed by atoms with Crippen molar-refractivity contribution < 1.29 is 4.92 Å². The molecular weight excluding hydrogens is 260 g/mol. The second-order valence-electron chi connectivity index (χ2n) is 4.47. The Morgan fingerprint density at radius 2 is 2.10 bits per heavy atom. The zero-order valence-electron chi connectivity index (χ0n) is 11.6. The highest BCUT2D eigenvalue weighted by molar-refractivity contribution is 5.52. The van der Waals surface area contributed by atoms with Gasteiger partial charge in [0.05, 0.1) is 17.2 Å². The van der Waals surface area contributed by atoms with Gasteiger partial charge >= 0.3 is 0 Å². The van der Waals surface area contributed by atoms with E-state index in [-0.39, 0.29) is 10.6 Å². The Morgan fingerprint density at radius 3 is 2.75 bits per heavy atom. The summed E-state index contributed by atoms with van der Waals surface area (Å²) < 4.78 is 1.61. The summed E-state index contributed by atoms with van der Waals surface area (Å²) in [7, 11) is 0. The van der Waals surface area contributed by atoms with Crippen LogP contribution in [0.15, 0.2) is 12.1 Å². The van der Waals surface area contributed by atoms with E-state index in [4.69, 9.17) is 0 Å². The monoisotopic (exact) mass is 276 g/mol. The summed E-state index contributed by atoms with van der Waals surface area (Å²) in [5.41, 5.74) is 2.20. The summed E-state index contributed by atoms with van der Waals surface area (Å²) in [6, 6.07) is 3.28. The molecule has 0 aliphatic carbocycles. The molecular formula is C12H16N6O2. The van der Waals surface area contributed by atoms with Gasteiger partial charge in [0, 0.05) is 11.6 Å². The maximum Gasteiger partial charge on any atom is 0.272 e. The molecule has 2 rings (SSSR count). The van der Waals surface area contributed by atoms with E-state index in [9.17, 15) is 10.1 Å². The zero-order valence-corrected chi connectivity index (χ0v) is 11.6. The van der Waals surface area contributed by atoms with Crippen molar-refractivity contribution in [1.82, 2.24) is 25.5 Å². The minimum absolute atomic E-state index is 0.104. The SMILES string of the molecule is CCNCc1nnnn1-c1cc(C)c([N+](=O)[O-])cc1C. The lowest BCUT2D eigenvalue weighted by Crippen LogP contribution is -2.16. The molecule has 1 aromatic heterocycles. The first-order valence-corrected chi connectivity index (χ1v) is 6.28. The standard InChI is InChI=1S/C12H16N6O2/c1-4-13-7-12-14-15-16-17(12)10-5-9(3)11(18(19)20)6-8(10)2/h5-6,13H,4,7H2,1-3H3. The molecule has 0 aliphatic rings. The van der Waals surface area contributed by atoms with Crippen molar-refractivity contribution in [3.8, 4) is 5.69 Å². The van der Waals surface area contributed by atoms with Gasteiger partial charge in [0.25, 0.3) is 5.69 Å². The largest absolute Gasteiger partial charge is 0.310 e. The van der Waals surface area contributed by atoms with Gasteiger partial charge in [-0.1, -0.05) is 6.92 Å². The minimum atomic E-state index is -0.384. The van der Waals surface area contributed by atoms with Gasteiger partial charge in [-0.25, -0.2) is 0 Å². The van der Waals surface area contributed by atoms with E-state index in [1.165, 1.54) is 0 Å². The van der Waals surface area contributed by atoms with Crippen LogP contribution >= 0.6 is 0 Å². The molecule has 0 radical (unpaired) electrons. The molecule has 106 valence electrons. The van der Waals surface area contributed by atoms with Gasteiger partial charge in [0.2, 0.25) is 0 Å². The van der Waals surface area contributed by atoms with E-state index in [0.717, 1.165) is 17.8 Å². The molecule has 2 aromatic rings. The fourth-order valence-corrected chi connectivity index (χ4v) is 1.95. The molecule has 0 bridgehead atoms. The maximum absolute atomic E-state index is 10.9. The Balaban J connectivity index is 2.46. The van der Waals surface area contributed by atoms with Crippen molar-refractivity contribution >= 4 is 5.69 Å². The van der Waals surface area contributed by atoms with E-state index in [1.807, 2.05) is 6.92 Å². The number of hydrogen-bond donors (Lipinski definition) is 1. The number of nitro groups is 1. The van der Waals surface area contributed by atoms with Crippen molar-refractivity contribution in [2.75, 3.05) is 6.54 Å². The summed E-state index contributed by atoms with van der Waals surface area (Å²) in [5.74, 6) is 0.670. The predicted molar refractivity (Wildman–Crippen MR) is 72.7 cm³/mol. The molecule has 8 heteroatoms. The van der Waals surface area contributed by atoms with Crippen LogP contribution in [-0.2, 0) is 6.54 Å². The molecule has 0 fully saturated rings. The average molecular weight is 276 g/mol. The number of aryl methyl sites for hydroxylation is 2. The molecule has 0 aliphatic heterocycles. The van der Waals surface area contributed by atoms with Gasteiger partial charge in [0.15, 0.2) is 5.82 Å². The van der Waals surface area contributed by atoms with Crippen LogP contribution in [0.4, 0.5) is 5.69 Å². The molecule has 0 unspecified atom stereocenters. The van der Waals surface area contributed by atoms with Crippen molar-refractivity contribution in [2.24, 2.45) is 0 Å². The number of hydrogen-bond acceptors (Lipinski definition) is 6. The third kappa shape index (κ3) is 2.64. The van der Waals surface area contributed by atoms with Crippen LogP contribution in [0, 0.1) is 24.0 Å². The second-order valence-corrected chi connectivity index (χ2v) is 4.47. The summed E-state index contributed by atoms with van der Waals surface area (Å²) in [4.78, 5) is 10.5. The number of benzene rings is 1. The molecule has 1 heterocycles. The van der Waals surface area contributed by atoms with Crippen molar-refractivity contribution in [3.63, 3.8) is 0 Å². The molecule has 1 N–H and O–H groups in total. The summed E-state index contributed by atoms with van der Waals surface area (Å²) in [6.45, 7) is 6.86. The van der Waals surface area contributed by atoms with E-state index >= 15 is 0 Å². The van der Waals surface area contributed by atoms with Crippen LogP contribution in [0.5, 0.6) is 0 Å². The molecule has 20 heavy (non-hydrogen) atoms. The Bertz CT molecular complexity index is 637. The molecule has 0 saturated carbocycles. The fourth-order valence-electron chi connectivity index (χ4n) is 1.95. The molecule has 0 atom stereocenters. The van der Waals surface area contributed by atoms with Crippen LogP contribution in [0.1, 0.15) is 23.9 Å². The number of nitrogens with one attached hydrogen (secondary N) is 1. The number of rotatable bonds is 5.